The van der Waals surface area contributed by atoms with Crippen molar-refractivity contribution in [3.05, 3.63) is 23.8 Å². The van der Waals surface area contributed by atoms with E-state index in [1.54, 1.807) is 0 Å². The highest BCUT2D eigenvalue weighted by Gasteiger charge is 2.49. The van der Waals surface area contributed by atoms with Gasteiger partial charge in [-0.05, 0) is 61.6 Å². The maximum Gasteiger partial charge on any atom is 0.230 e. The normalized spacial score (nSPS) is 31.8. The third kappa shape index (κ3) is 1.83. The number of amides is 1. The highest BCUT2D eigenvalue weighted by molar-refractivity contribution is 5.97. The zero-order chi connectivity index (χ0) is 13.0. The van der Waals surface area contributed by atoms with E-state index < -0.39 is 0 Å². The Hall–Kier alpha value is -1.51. The topological polar surface area (TPSA) is 46.3 Å². The summed E-state index contributed by atoms with van der Waals surface area (Å²) < 4.78 is 0. The van der Waals surface area contributed by atoms with Crippen LogP contribution in [0.4, 0.5) is 11.4 Å². The molecule has 0 bridgehead atoms. The van der Waals surface area contributed by atoms with E-state index in [0.717, 1.165) is 55.4 Å². The van der Waals surface area contributed by atoms with Crippen molar-refractivity contribution >= 4 is 17.3 Å². The second-order valence-electron chi connectivity index (χ2n) is 6.41. The summed E-state index contributed by atoms with van der Waals surface area (Å²) in [5.41, 5.74) is 8.99. The Labute approximate surface area is 113 Å². The van der Waals surface area contributed by atoms with Crippen molar-refractivity contribution in [1.29, 1.82) is 0 Å². The Morgan fingerprint density at radius 2 is 2.00 bits per heavy atom. The highest BCUT2D eigenvalue weighted by Crippen LogP contribution is 2.55. The fourth-order valence-electron chi connectivity index (χ4n) is 3.96. The molecule has 1 aliphatic heterocycles. The molecule has 2 fully saturated rings. The monoisotopic (exact) mass is 256 g/mol. The second kappa shape index (κ2) is 3.99. The van der Waals surface area contributed by atoms with E-state index in [1.807, 2.05) is 17.0 Å². The van der Waals surface area contributed by atoms with Crippen molar-refractivity contribution in [2.75, 3.05) is 17.2 Å². The SMILES string of the molecule is Nc1ccc2c(c1)N(C(=O)C1CC3CC3C1)CCC2. The van der Waals surface area contributed by atoms with E-state index >= 15 is 0 Å². The van der Waals surface area contributed by atoms with Gasteiger partial charge in [0.05, 0.1) is 0 Å². The minimum absolute atomic E-state index is 0.274. The number of carbonyl (C=O) groups is 1. The van der Waals surface area contributed by atoms with Gasteiger partial charge in [-0.1, -0.05) is 6.07 Å². The van der Waals surface area contributed by atoms with E-state index in [0.29, 0.717) is 5.91 Å². The zero-order valence-electron chi connectivity index (χ0n) is 11.1. The van der Waals surface area contributed by atoms with Crippen molar-refractivity contribution in [1.82, 2.24) is 0 Å². The first-order chi connectivity index (χ1) is 9.22. The lowest BCUT2D eigenvalue weighted by atomic mass is 9.96. The average molecular weight is 256 g/mol. The van der Waals surface area contributed by atoms with Crippen LogP contribution in [0, 0.1) is 17.8 Å². The molecule has 4 rings (SSSR count). The number of fused-ring (bicyclic) bond motifs is 2. The Bertz CT molecular complexity index is 530. The summed E-state index contributed by atoms with van der Waals surface area (Å²) in [7, 11) is 0. The van der Waals surface area contributed by atoms with Gasteiger partial charge in [0.25, 0.3) is 0 Å². The van der Waals surface area contributed by atoms with Gasteiger partial charge in [0.2, 0.25) is 5.91 Å². The Kier molecular flexibility index (Phi) is 2.38. The molecule has 1 heterocycles. The first-order valence-electron chi connectivity index (χ1n) is 7.42. The van der Waals surface area contributed by atoms with Crippen molar-refractivity contribution < 1.29 is 4.79 Å². The number of nitrogens with zero attached hydrogens (tertiary/aromatic N) is 1. The van der Waals surface area contributed by atoms with Gasteiger partial charge in [-0.3, -0.25) is 4.79 Å². The van der Waals surface area contributed by atoms with Gasteiger partial charge in [0.1, 0.15) is 0 Å². The van der Waals surface area contributed by atoms with Crippen LogP contribution in [0.5, 0.6) is 0 Å². The van der Waals surface area contributed by atoms with Crippen molar-refractivity contribution in [3.63, 3.8) is 0 Å². The van der Waals surface area contributed by atoms with Crippen LogP contribution in [0.1, 0.15) is 31.2 Å². The van der Waals surface area contributed by atoms with Crippen LogP contribution in [0.15, 0.2) is 18.2 Å². The van der Waals surface area contributed by atoms with Gasteiger partial charge in [-0.2, -0.15) is 0 Å². The van der Waals surface area contributed by atoms with Gasteiger partial charge < -0.3 is 10.6 Å². The summed E-state index contributed by atoms with van der Waals surface area (Å²) >= 11 is 0. The minimum Gasteiger partial charge on any atom is -0.399 e. The van der Waals surface area contributed by atoms with Crippen molar-refractivity contribution in [2.24, 2.45) is 17.8 Å². The van der Waals surface area contributed by atoms with Crippen molar-refractivity contribution in [3.8, 4) is 0 Å². The van der Waals surface area contributed by atoms with E-state index in [2.05, 4.69) is 6.07 Å². The fraction of sp³-hybridized carbons (Fsp3) is 0.562. The molecule has 3 aliphatic rings. The number of rotatable bonds is 1. The molecule has 0 saturated heterocycles. The molecule has 2 N–H and O–H groups in total. The Balaban J connectivity index is 1.62. The molecule has 1 amide bonds. The number of nitrogens with two attached hydrogens (primary N) is 1. The first kappa shape index (κ1) is 11.3. The standard InChI is InChI=1S/C16H20N2O/c17-14-4-3-10-2-1-5-18(15(10)9-14)16(19)13-7-11-6-12(11)8-13/h3-4,9,11-13H,1-2,5-8,17H2. The van der Waals surface area contributed by atoms with Crippen LogP contribution in [0.25, 0.3) is 0 Å². The molecule has 0 aromatic heterocycles. The van der Waals surface area contributed by atoms with Crippen LogP contribution in [-0.2, 0) is 11.2 Å². The molecule has 0 spiro atoms. The molecule has 2 atom stereocenters. The number of anilines is 2. The fourth-order valence-corrected chi connectivity index (χ4v) is 3.96. The third-order valence-corrected chi connectivity index (χ3v) is 5.09. The number of hydrogen-bond acceptors (Lipinski definition) is 2. The predicted molar refractivity (Wildman–Crippen MR) is 75.8 cm³/mol. The van der Waals surface area contributed by atoms with Crippen molar-refractivity contribution in [2.45, 2.75) is 32.1 Å². The van der Waals surface area contributed by atoms with Crippen LogP contribution in [-0.4, -0.2) is 12.5 Å². The summed E-state index contributed by atoms with van der Waals surface area (Å²) in [4.78, 5) is 14.7. The lowest BCUT2D eigenvalue weighted by Gasteiger charge is -2.32. The molecule has 2 aliphatic carbocycles. The number of hydrogen-bond donors (Lipinski definition) is 1. The van der Waals surface area contributed by atoms with Gasteiger partial charge in [-0.15, -0.1) is 0 Å². The molecule has 3 nitrogen and oxygen atoms in total. The van der Waals surface area contributed by atoms with Crippen LogP contribution in [0.3, 0.4) is 0 Å². The smallest absolute Gasteiger partial charge is 0.230 e. The molecule has 1 aromatic carbocycles. The summed E-state index contributed by atoms with van der Waals surface area (Å²) in [6.45, 7) is 0.862. The van der Waals surface area contributed by atoms with Crippen LogP contribution in [0.2, 0.25) is 0 Å². The molecule has 3 heteroatoms. The summed E-state index contributed by atoms with van der Waals surface area (Å²) in [6.07, 6.45) is 5.75. The summed E-state index contributed by atoms with van der Waals surface area (Å²) in [5, 5.41) is 0. The average Bonchev–Trinajstić information content (AvgIpc) is 3.04. The molecule has 1 aromatic rings. The van der Waals surface area contributed by atoms with Gasteiger partial charge in [0, 0.05) is 23.8 Å². The third-order valence-electron chi connectivity index (χ3n) is 5.09. The highest BCUT2D eigenvalue weighted by atomic mass is 16.2. The van der Waals surface area contributed by atoms with E-state index in [1.165, 1.54) is 12.0 Å². The first-order valence-corrected chi connectivity index (χ1v) is 7.42. The zero-order valence-corrected chi connectivity index (χ0v) is 11.1. The lowest BCUT2D eigenvalue weighted by molar-refractivity contribution is -0.122. The molecular weight excluding hydrogens is 236 g/mol. The van der Waals surface area contributed by atoms with Crippen LogP contribution < -0.4 is 10.6 Å². The van der Waals surface area contributed by atoms with E-state index in [9.17, 15) is 4.79 Å². The summed E-state index contributed by atoms with van der Waals surface area (Å²) in [5.74, 6) is 2.34. The largest absolute Gasteiger partial charge is 0.399 e. The lowest BCUT2D eigenvalue weighted by Crippen LogP contribution is -2.39. The minimum atomic E-state index is 0.274. The quantitative estimate of drug-likeness (QED) is 0.785. The molecule has 19 heavy (non-hydrogen) atoms. The molecule has 2 saturated carbocycles. The number of aryl methyl sites for hydroxylation is 1. The van der Waals surface area contributed by atoms with E-state index in [-0.39, 0.29) is 5.92 Å². The molecular formula is C16H20N2O. The maximum absolute atomic E-state index is 12.7. The Morgan fingerprint density at radius 3 is 2.79 bits per heavy atom. The van der Waals surface area contributed by atoms with E-state index in [4.69, 9.17) is 5.73 Å². The van der Waals surface area contributed by atoms with Gasteiger partial charge >= 0.3 is 0 Å². The van der Waals surface area contributed by atoms with Gasteiger partial charge in [-0.25, -0.2) is 0 Å². The number of carbonyl (C=O) groups excluding carboxylic acids is 1. The Morgan fingerprint density at radius 1 is 1.21 bits per heavy atom. The maximum atomic E-state index is 12.7. The number of benzene rings is 1. The number of nitrogen functional groups attached to an aromatic ring is 1. The van der Waals surface area contributed by atoms with Crippen LogP contribution >= 0.6 is 0 Å². The van der Waals surface area contributed by atoms with Gasteiger partial charge in [0.15, 0.2) is 0 Å². The molecule has 0 radical (unpaired) electrons. The summed E-state index contributed by atoms with van der Waals surface area (Å²) in [6, 6.07) is 6.00. The molecule has 2 unspecified atom stereocenters. The predicted octanol–water partition coefficient (Wildman–Crippen LogP) is 2.59. The molecule has 100 valence electrons. The second-order valence-corrected chi connectivity index (χ2v) is 6.41.